The van der Waals surface area contributed by atoms with Crippen molar-refractivity contribution in [2.24, 2.45) is 0 Å². The molecule has 0 aromatic heterocycles. The summed E-state index contributed by atoms with van der Waals surface area (Å²) in [5, 5.41) is 0. The van der Waals surface area contributed by atoms with Crippen molar-refractivity contribution in [3.05, 3.63) is 65.7 Å². The first-order valence-electron chi connectivity index (χ1n) is 6.66. The molecule has 0 aliphatic carbocycles. The highest BCUT2D eigenvalue weighted by atomic mass is 19.4. The van der Waals surface area contributed by atoms with Crippen molar-refractivity contribution in [3.63, 3.8) is 0 Å². The molecule has 1 unspecified atom stereocenters. The number of alkyl halides is 5. The molecule has 0 N–H and O–H groups in total. The molecule has 120 valence electrons. The lowest BCUT2D eigenvalue weighted by molar-refractivity contribution is -0.162. The first-order chi connectivity index (χ1) is 10.7. The number of hydrogen-bond acceptors (Lipinski definition) is 1. The van der Waals surface area contributed by atoms with Crippen molar-refractivity contribution in [1.82, 2.24) is 0 Å². The van der Waals surface area contributed by atoms with E-state index in [4.69, 9.17) is 0 Å². The number of hydrogen-bond donors (Lipinski definition) is 0. The molecule has 23 heavy (non-hydrogen) atoms. The van der Waals surface area contributed by atoms with Gasteiger partial charge in [0.2, 0.25) is 0 Å². The lowest BCUT2D eigenvalue weighted by Gasteiger charge is -2.46. The molecular weight excluding hydrogens is 317 g/mol. The van der Waals surface area contributed by atoms with Gasteiger partial charge in [-0.05, 0) is 23.8 Å². The first-order valence-corrected chi connectivity index (χ1v) is 6.66. The van der Waals surface area contributed by atoms with Crippen LogP contribution in [-0.4, -0.2) is 11.8 Å². The minimum atomic E-state index is -4.62. The van der Waals surface area contributed by atoms with E-state index in [1.165, 1.54) is 30.3 Å². The smallest absolute Gasteiger partial charge is 0.293 e. The largest absolute Gasteiger partial charge is 0.416 e. The van der Waals surface area contributed by atoms with Crippen LogP contribution in [0.15, 0.2) is 54.6 Å². The van der Waals surface area contributed by atoms with Crippen LogP contribution in [0.4, 0.5) is 27.6 Å². The van der Waals surface area contributed by atoms with Gasteiger partial charge in [0.25, 0.3) is 0 Å². The zero-order chi connectivity index (χ0) is 16.8. The molecule has 0 radical (unpaired) electrons. The van der Waals surface area contributed by atoms with Gasteiger partial charge < -0.3 is 0 Å². The van der Waals surface area contributed by atoms with Crippen molar-refractivity contribution in [2.75, 3.05) is 4.90 Å². The van der Waals surface area contributed by atoms with Crippen LogP contribution in [0.3, 0.4) is 0 Å². The third-order valence-corrected chi connectivity index (χ3v) is 3.67. The van der Waals surface area contributed by atoms with Gasteiger partial charge in [-0.15, -0.1) is 0 Å². The Balaban J connectivity index is 2.03. The van der Waals surface area contributed by atoms with Gasteiger partial charge in [0, 0.05) is 5.69 Å². The molecular formula is C16H10F5NO. The Bertz CT molecular complexity index is 742. The average Bonchev–Trinajstić information content (AvgIpc) is 2.52. The highest BCUT2D eigenvalue weighted by Crippen LogP contribution is 2.50. The summed E-state index contributed by atoms with van der Waals surface area (Å²) in [6, 6.07) is 9.69. The third-order valence-electron chi connectivity index (χ3n) is 3.67. The van der Waals surface area contributed by atoms with E-state index in [1.807, 2.05) is 0 Å². The number of anilines is 1. The average molecular weight is 327 g/mol. The van der Waals surface area contributed by atoms with E-state index in [-0.39, 0.29) is 11.3 Å². The fourth-order valence-corrected chi connectivity index (χ4v) is 2.58. The van der Waals surface area contributed by atoms with E-state index < -0.39 is 29.6 Å². The SMILES string of the molecule is O=C1N(c2cccc(C(F)(F)F)c2)C(c2ccccc2)C1(F)F. The molecule has 7 heteroatoms. The molecule has 1 aliphatic rings. The van der Waals surface area contributed by atoms with E-state index in [1.54, 1.807) is 6.07 Å². The molecule has 2 aromatic carbocycles. The van der Waals surface area contributed by atoms with Crippen LogP contribution in [0.2, 0.25) is 0 Å². The summed E-state index contributed by atoms with van der Waals surface area (Å²) in [5.74, 6) is -5.15. The van der Waals surface area contributed by atoms with E-state index in [0.29, 0.717) is 11.0 Å². The minimum Gasteiger partial charge on any atom is -0.293 e. The van der Waals surface area contributed by atoms with Gasteiger partial charge in [-0.3, -0.25) is 9.69 Å². The van der Waals surface area contributed by atoms with Crippen LogP contribution in [0.5, 0.6) is 0 Å². The van der Waals surface area contributed by atoms with Gasteiger partial charge in [-0.1, -0.05) is 36.4 Å². The molecule has 2 nitrogen and oxygen atoms in total. The second-order valence-electron chi connectivity index (χ2n) is 5.16. The van der Waals surface area contributed by atoms with Crippen LogP contribution in [-0.2, 0) is 11.0 Å². The number of amides is 1. The number of nitrogens with zero attached hydrogens (tertiary/aromatic N) is 1. The van der Waals surface area contributed by atoms with E-state index in [2.05, 4.69) is 0 Å². The number of benzene rings is 2. The summed E-state index contributed by atoms with van der Waals surface area (Å²) < 4.78 is 66.2. The monoisotopic (exact) mass is 327 g/mol. The summed E-state index contributed by atoms with van der Waals surface area (Å²) in [5.41, 5.74) is -1.04. The second kappa shape index (κ2) is 5.04. The summed E-state index contributed by atoms with van der Waals surface area (Å²) in [6.45, 7) is 0. The van der Waals surface area contributed by atoms with E-state index >= 15 is 0 Å². The fraction of sp³-hybridized carbons (Fsp3) is 0.188. The Hall–Kier alpha value is -2.44. The lowest BCUT2D eigenvalue weighted by atomic mass is 9.88. The molecule has 1 aliphatic heterocycles. The Labute approximate surface area is 128 Å². The maximum Gasteiger partial charge on any atom is 0.416 e. The maximum absolute atomic E-state index is 13.9. The van der Waals surface area contributed by atoms with Crippen molar-refractivity contribution < 1.29 is 26.7 Å². The maximum atomic E-state index is 13.9. The molecule has 0 spiro atoms. The van der Waals surface area contributed by atoms with Gasteiger partial charge in [0.05, 0.1) is 5.56 Å². The second-order valence-corrected chi connectivity index (χ2v) is 5.16. The van der Waals surface area contributed by atoms with Crippen molar-refractivity contribution in [2.45, 2.75) is 18.1 Å². The molecule has 0 saturated carbocycles. The van der Waals surface area contributed by atoms with Gasteiger partial charge in [0.15, 0.2) is 0 Å². The summed E-state index contributed by atoms with van der Waals surface area (Å²) in [6.07, 6.45) is -4.62. The Morgan fingerprint density at radius 2 is 1.61 bits per heavy atom. The Morgan fingerprint density at radius 1 is 0.957 bits per heavy atom. The summed E-state index contributed by atoms with van der Waals surface area (Å²) in [7, 11) is 0. The molecule has 1 atom stereocenters. The topological polar surface area (TPSA) is 20.3 Å². The van der Waals surface area contributed by atoms with Gasteiger partial charge in [-0.2, -0.15) is 22.0 Å². The van der Waals surface area contributed by atoms with Gasteiger partial charge >= 0.3 is 18.0 Å². The summed E-state index contributed by atoms with van der Waals surface area (Å²) >= 11 is 0. The lowest BCUT2D eigenvalue weighted by Crippen LogP contribution is -2.64. The standard InChI is InChI=1S/C16H10F5NO/c17-15(18)13(10-5-2-1-3-6-10)22(14(15)23)12-8-4-7-11(9-12)16(19,20)21/h1-9,13H. The van der Waals surface area contributed by atoms with Crippen LogP contribution >= 0.6 is 0 Å². The van der Waals surface area contributed by atoms with E-state index in [9.17, 15) is 26.7 Å². The van der Waals surface area contributed by atoms with Crippen molar-refractivity contribution >= 4 is 11.6 Å². The van der Waals surface area contributed by atoms with Gasteiger partial charge in [-0.25, -0.2) is 0 Å². The van der Waals surface area contributed by atoms with Crippen molar-refractivity contribution in [1.29, 1.82) is 0 Å². The minimum absolute atomic E-state index is 0.162. The molecule has 3 rings (SSSR count). The number of rotatable bonds is 2. The number of halogens is 5. The van der Waals surface area contributed by atoms with Crippen LogP contribution < -0.4 is 4.90 Å². The first kappa shape index (κ1) is 15.5. The highest BCUT2D eigenvalue weighted by Gasteiger charge is 2.64. The Kier molecular flexibility index (Phi) is 3.39. The summed E-state index contributed by atoms with van der Waals surface area (Å²) in [4.78, 5) is 12.4. The van der Waals surface area contributed by atoms with Crippen LogP contribution in [0, 0.1) is 0 Å². The third kappa shape index (κ3) is 2.46. The quantitative estimate of drug-likeness (QED) is 0.590. The highest BCUT2D eigenvalue weighted by molar-refractivity contribution is 6.07. The normalized spacial score (nSPS) is 20.3. The van der Waals surface area contributed by atoms with Gasteiger partial charge in [0.1, 0.15) is 6.04 Å². The fourth-order valence-electron chi connectivity index (χ4n) is 2.58. The number of β-lactam (4-membered cyclic amide) rings is 1. The van der Waals surface area contributed by atoms with Crippen LogP contribution in [0.1, 0.15) is 17.2 Å². The van der Waals surface area contributed by atoms with E-state index in [0.717, 1.165) is 12.1 Å². The zero-order valence-corrected chi connectivity index (χ0v) is 11.5. The van der Waals surface area contributed by atoms with Crippen LogP contribution in [0.25, 0.3) is 0 Å². The number of carbonyl (C=O) groups is 1. The number of carbonyl (C=O) groups excluding carboxylic acids is 1. The predicted octanol–water partition coefficient (Wildman–Crippen LogP) is 4.43. The Morgan fingerprint density at radius 3 is 2.22 bits per heavy atom. The molecule has 0 bridgehead atoms. The zero-order valence-electron chi connectivity index (χ0n) is 11.5. The molecule has 1 amide bonds. The predicted molar refractivity (Wildman–Crippen MR) is 73.1 cm³/mol. The molecule has 1 saturated heterocycles. The van der Waals surface area contributed by atoms with Crippen molar-refractivity contribution in [3.8, 4) is 0 Å². The molecule has 1 heterocycles. The molecule has 1 fully saturated rings. The molecule has 2 aromatic rings.